The second-order valence-electron chi connectivity index (χ2n) is 5.75. The van der Waals surface area contributed by atoms with Crippen molar-refractivity contribution in [1.82, 2.24) is 0 Å². The summed E-state index contributed by atoms with van der Waals surface area (Å²) >= 11 is 3.32. The van der Waals surface area contributed by atoms with E-state index in [0.29, 0.717) is 11.4 Å². The van der Waals surface area contributed by atoms with E-state index in [4.69, 9.17) is 9.47 Å². The summed E-state index contributed by atoms with van der Waals surface area (Å²) in [5.41, 5.74) is 1.92. The molecule has 2 aromatic carbocycles. The first kappa shape index (κ1) is 20.0. The Hall–Kier alpha value is -2.34. The van der Waals surface area contributed by atoms with E-state index in [1.165, 1.54) is 5.56 Å². The van der Waals surface area contributed by atoms with Gasteiger partial charge >= 0.3 is 5.97 Å². The molecular weight excluding hydrogens is 398 g/mol. The lowest BCUT2D eigenvalue weighted by atomic mass is 10.1. The average Bonchev–Trinajstić information content (AvgIpc) is 2.65. The minimum absolute atomic E-state index is 0.249. The summed E-state index contributed by atoms with van der Waals surface area (Å²) in [6.07, 6.45) is 3.32. The fraction of sp³-hybridized carbons (Fsp3) is 0.300. The van der Waals surface area contributed by atoms with Crippen molar-refractivity contribution in [3.63, 3.8) is 0 Å². The first-order valence-electron chi connectivity index (χ1n) is 8.49. The molecule has 1 N–H and O–H groups in total. The molecule has 6 heteroatoms. The minimum Gasteiger partial charge on any atom is -0.482 e. The van der Waals surface area contributed by atoms with Gasteiger partial charge in [-0.25, -0.2) is 4.79 Å². The monoisotopic (exact) mass is 419 g/mol. The maximum Gasteiger partial charge on any atom is 0.344 e. The van der Waals surface area contributed by atoms with Gasteiger partial charge < -0.3 is 14.8 Å². The highest BCUT2D eigenvalue weighted by Gasteiger charge is 2.09. The molecule has 0 radical (unpaired) electrons. The van der Waals surface area contributed by atoms with E-state index in [-0.39, 0.29) is 19.1 Å². The van der Waals surface area contributed by atoms with Crippen LogP contribution in [0.1, 0.15) is 25.3 Å². The number of carbonyl (C=O) groups is 2. The summed E-state index contributed by atoms with van der Waals surface area (Å²) in [5, 5.41) is 2.70. The summed E-state index contributed by atoms with van der Waals surface area (Å²) in [5.74, 6) is -0.431. The predicted octanol–water partition coefficient (Wildman–Crippen LogP) is 4.35. The lowest BCUT2D eigenvalue weighted by Gasteiger charge is -2.08. The fourth-order valence-electron chi connectivity index (χ4n) is 2.19. The number of ether oxygens (including phenoxy) is 2. The van der Waals surface area contributed by atoms with E-state index < -0.39 is 5.97 Å². The first-order valence-corrected chi connectivity index (χ1v) is 9.29. The Balaban J connectivity index is 1.68. The SMILES string of the molecule is CCCCc1ccc(NC(=O)COC(=O)COc2ccc(Br)cc2)cc1. The van der Waals surface area contributed by atoms with E-state index in [1.807, 2.05) is 36.4 Å². The highest BCUT2D eigenvalue weighted by atomic mass is 79.9. The Bertz CT molecular complexity index is 714. The normalized spacial score (nSPS) is 10.2. The molecule has 2 aromatic rings. The number of esters is 1. The second-order valence-corrected chi connectivity index (χ2v) is 6.67. The highest BCUT2D eigenvalue weighted by Crippen LogP contribution is 2.16. The molecule has 0 heterocycles. The number of unbranched alkanes of at least 4 members (excludes halogenated alkanes) is 1. The molecule has 0 aliphatic rings. The lowest BCUT2D eigenvalue weighted by molar-refractivity contribution is -0.149. The molecule has 0 bridgehead atoms. The van der Waals surface area contributed by atoms with Gasteiger partial charge in [0, 0.05) is 10.2 Å². The van der Waals surface area contributed by atoms with Crippen LogP contribution in [0.3, 0.4) is 0 Å². The Kier molecular flexibility index (Phi) is 8.15. The molecule has 0 spiro atoms. The van der Waals surface area contributed by atoms with Crippen molar-refractivity contribution < 1.29 is 19.1 Å². The van der Waals surface area contributed by atoms with Crippen molar-refractivity contribution in [3.8, 4) is 5.75 Å². The van der Waals surface area contributed by atoms with Crippen molar-refractivity contribution in [1.29, 1.82) is 0 Å². The number of anilines is 1. The maximum absolute atomic E-state index is 11.9. The van der Waals surface area contributed by atoms with Crippen LogP contribution in [-0.4, -0.2) is 25.1 Å². The van der Waals surface area contributed by atoms with E-state index in [9.17, 15) is 9.59 Å². The van der Waals surface area contributed by atoms with Gasteiger partial charge in [-0.1, -0.05) is 41.4 Å². The molecule has 0 aliphatic heterocycles. The first-order chi connectivity index (χ1) is 12.6. The van der Waals surface area contributed by atoms with Crippen LogP contribution < -0.4 is 10.1 Å². The molecule has 0 unspecified atom stereocenters. The zero-order valence-electron chi connectivity index (χ0n) is 14.7. The minimum atomic E-state index is -0.599. The summed E-state index contributed by atoms with van der Waals surface area (Å²) in [4.78, 5) is 23.5. The number of amides is 1. The molecule has 138 valence electrons. The summed E-state index contributed by atoms with van der Waals surface area (Å²) in [6.45, 7) is 1.56. The van der Waals surface area contributed by atoms with Crippen LogP contribution in [-0.2, 0) is 20.7 Å². The number of benzene rings is 2. The Morgan fingerprint density at radius 3 is 2.35 bits per heavy atom. The van der Waals surface area contributed by atoms with Crippen LogP contribution >= 0.6 is 15.9 Å². The zero-order chi connectivity index (χ0) is 18.8. The van der Waals surface area contributed by atoms with Gasteiger partial charge in [-0.05, 0) is 54.8 Å². The molecule has 0 saturated carbocycles. The number of carbonyl (C=O) groups excluding carboxylic acids is 2. The number of nitrogens with one attached hydrogen (secondary N) is 1. The van der Waals surface area contributed by atoms with Gasteiger partial charge in [0.2, 0.25) is 0 Å². The van der Waals surface area contributed by atoms with Gasteiger partial charge in [-0.15, -0.1) is 0 Å². The third-order valence-corrected chi connectivity index (χ3v) is 4.12. The van der Waals surface area contributed by atoms with Crippen LogP contribution in [0.4, 0.5) is 5.69 Å². The van der Waals surface area contributed by atoms with E-state index in [2.05, 4.69) is 28.2 Å². The van der Waals surface area contributed by atoms with Crippen molar-refractivity contribution in [3.05, 3.63) is 58.6 Å². The van der Waals surface area contributed by atoms with Gasteiger partial charge in [0.05, 0.1) is 0 Å². The lowest BCUT2D eigenvalue weighted by Crippen LogP contribution is -2.23. The molecule has 1 amide bonds. The number of hydrogen-bond acceptors (Lipinski definition) is 4. The smallest absolute Gasteiger partial charge is 0.344 e. The van der Waals surface area contributed by atoms with Crippen LogP contribution in [0.5, 0.6) is 5.75 Å². The van der Waals surface area contributed by atoms with Gasteiger partial charge in [0.25, 0.3) is 5.91 Å². The molecule has 0 aromatic heterocycles. The number of halogens is 1. The molecule has 0 fully saturated rings. The van der Waals surface area contributed by atoms with Crippen molar-refractivity contribution in [2.75, 3.05) is 18.5 Å². The molecule has 2 rings (SSSR count). The predicted molar refractivity (Wildman–Crippen MR) is 104 cm³/mol. The van der Waals surface area contributed by atoms with Crippen LogP contribution in [0.2, 0.25) is 0 Å². The average molecular weight is 420 g/mol. The third-order valence-electron chi connectivity index (χ3n) is 3.59. The number of hydrogen-bond donors (Lipinski definition) is 1. The molecule has 5 nitrogen and oxygen atoms in total. The van der Waals surface area contributed by atoms with Gasteiger partial charge in [-0.2, -0.15) is 0 Å². The Morgan fingerprint density at radius 1 is 1.00 bits per heavy atom. The van der Waals surface area contributed by atoms with Gasteiger partial charge in [0.1, 0.15) is 5.75 Å². The quantitative estimate of drug-likeness (QED) is 0.613. The van der Waals surface area contributed by atoms with Crippen molar-refractivity contribution in [2.24, 2.45) is 0 Å². The molecular formula is C20H22BrNO4. The van der Waals surface area contributed by atoms with Gasteiger partial charge in [-0.3, -0.25) is 4.79 Å². The summed E-state index contributed by atoms with van der Waals surface area (Å²) in [6, 6.07) is 14.8. The van der Waals surface area contributed by atoms with E-state index in [0.717, 1.165) is 23.7 Å². The third kappa shape index (κ3) is 7.27. The highest BCUT2D eigenvalue weighted by molar-refractivity contribution is 9.10. The fourth-order valence-corrected chi connectivity index (χ4v) is 2.46. The van der Waals surface area contributed by atoms with E-state index >= 15 is 0 Å². The van der Waals surface area contributed by atoms with Crippen molar-refractivity contribution in [2.45, 2.75) is 26.2 Å². The van der Waals surface area contributed by atoms with E-state index in [1.54, 1.807) is 12.1 Å². The number of aryl methyl sites for hydroxylation is 1. The maximum atomic E-state index is 11.9. The van der Waals surface area contributed by atoms with Crippen LogP contribution in [0.15, 0.2) is 53.0 Å². The molecule has 0 saturated heterocycles. The van der Waals surface area contributed by atoms with Crippen LogP contribution in [0, 0.1) is 0 Å². The Morgan fingerprint density at radius 2 is 1.69 bits per heavy atom. The van der Waals surface area contributed by atoms with Gasteiger partial charge in [0.15, 0.2) is 13.2 Å². The topological polar surface area (TPSA) is 64.6 Å². The molecule has 26 heavy (non-hydrogen) atoms. The number of rotatable bonds is 9. The summed E-state index contributed by atoms with van der Waals surface area (Å²) < 4.78 is 11.1. The molecule has 0 atom stereocenters. The zero-order valence-corrected chi connectivity index (χ0v) is 16.3. The molecule has 0 aliphatic carbocycles. The standard InChI is InChI=1S/C20H22BrNO4/c1-2-3-4-15-5-9-17(10-6-15)22-19(23)13-26-20(24)14-25-18-11-7-16(21)8-12-18/h5-12H,2-4,13-14H2,1H3,(H,22,23). The second kappa shape index (κ2) is 10.6. The van der Waals surface area contributed by atoms with Crippen molar-refractivity contribution >= 4 is 33.5 Å². The summed E-state index contributed by atoms with van der Waals surface area (Å²) in [7, 11) is 0. The van der Waals surface area contributed by atoms with Crippen LogP contribution in [0.25, 0.3) is 0 Å². The largest absolute Gasteiger partial charge is 0.482 e. The Labute approximate surface area is 161 Å².